The van der Waals surface area contributed by atoms with Gasteiger partial charge >= 0.3 is 0 Å². The van der Waals surface area contributed by atoms with Crippen LogP contribution in [0.4, 0.5) is 0 Å². The molecule has 0 amide bonds. The van der Waals surface area contributed by atoms with Crippen LogP contribution in [0, 0.1) is 0 Å². The fourth-order valence-electron chi connectivity index (χ4n) is 2.19. The van der Waals surface area contributed by atoms with Crippen LogP contribution in [0.15, 0.2) is 24.8 Å². The molecule has 2 aromatic heterocycles. The molecule has 5 nitrogen and oxygen atoms in total. The van der Waals surface area contributed by atoms with Gasteiger partial charge in [0, 0.05) is 44.8 Å². The maximum Gasteiger partial charge on any atom is 0.126 e. The Morgan fingerprint density at radius 3 is 2.67 bits per heavy atom. The van der Waals surface area contributed by atoms with E-state index in [9.17, 15) is 0 Å². The molecule has 0 spiro atoms. The van der Waals surface area contributed by atoms with E-state index in [4.69, 9.17) is 0 Å². The van der Waals surface area contributed by atoms with Gasteiger partial charge in [0.05, 0.1) is 6.04 Å². The minimum Gasteiger partial charge on any atom is -0.337 e. The molecule has 0 radical (unpaired) electrons. The molecule has 2 heterocycles. The van der Waals surface area contributed by atoms with Gasteiger partial charge in [0.25, 0.3) is 0 Å². The molecule has 0 bridgehead atoms. The second-order valence-electron chi connectivity index (χ2n) is 4.48. The van der Waals surface area contributed by atoms with E-state index in [-0.39, 0.29) is 6.04 Å². The Hall–Kier alpha value is -1.62. The average Bonchev–Trinajstić information content (AvgIpc) is 2.96. The van der Waals surface area contributed by atoms with Crippen molar-refractivity contribution in [2.24, 2.45) is 7.05 Å². The third kappa shape index (κ3) is 2.61. The number of aryl methyl sites for hydroxylation is 2. The number of aromatic nitrogens is 4. The van der Waals surface area contributed by atoms with E-state index in [1.807, 2.05) is 43.4 Å². The number of nitrogens with zero attached hydrogens (tertiary/aromatic N) is 4. The highest BCUT2D eigenvalue weighted by atomic mass is 15.1. The van der Waals surface area contributed by atoms with Crippen LogP contribution >= 0.6 is 0 Å². The number of nitrogens with one attached hydrogen (secondary N) is 1. The second-order valence-corrected chi connectivity index (χ2v) is 4.48. The molecule has 0 aromatic carbocycles. The zero-order chi connectivity index (χ0) is 13.0. The summed E-state index contributed by atoms with van der Waals surface area (Å²) >= 11 is 0. The van der Waals surface area contributed by atoms with Crippen molar-refractivity contribution >= 4 is 0 Å². The van der Waals surface area contributed by atoms with Crippen molar-refractivity contribution in [3.05, 3.63) is 36.4 Å². The van der Waals surface area contributed by atoms with E-state index in [1.165, 1.54) is 0 Å². The van der Waals surface area contributed by atoms with Gasteiger partial charge in [-0.25, -0.2) is 9.97 Å². The standard InChI is InChI=1S/C13H21N5/c1-4-7-18-9-6-15-12(18)10-11(14-2)13-16-5-8-17(13)3/h5-6,8-9,11,14H,4,7,10H2,1-3H3. The van der Waals surface area contributed by atoms with E-state index >= 15 is 0 Å². The molecule has 1 unspecified atom stereocenters. The Kier molecular flexibility index (Phi) is 4.15. The molecule has 18 heavy (non-hydrogen) atoms. The molecule has 0 aliphatic rings. The molecule has 2 aromatic rings. The van der Waals surface area contributed by atoms with E-state index in [1.54, 1.807) is 0 Å². The fraction of sp³-hybridized carbons (Fsp3) is 0.538. The predicted octanol–water partition coefficient (Wildman–Crippen LogP) is 1.53. The summed E-state index contributed by atoms with van der Waals surface area (Å²) in [5.74, 6) is 2.16. The van der Waals surface area contributed by atoms with E-state index in [0.717, 1.165) is 31.0 Å². The highest BCUT2D eigenvalue weighted by Crippen LogP contribution is 2.15. The molecule has 1 N–H and O–H groups in total. The first-order valence-corrected chi connectivity index (χ1v) is 6.40. The first-order chi connectivity index (χ1) is 8.76. The van der Waals surface area contributed by atoms with E-state index in [2.05, 4.69) is 26.8 Å². The molecule has 0 saturated carbocycles. The molecule has 1 atom stereocenters. The summed E-state index contributed by atoms with van der Waals surface area (Å²) in [5.41, 5.74) is 0. The van der Waals surface area contributed by atoms with E-state index in [0.29, 0.717) is 0 Å². The molecule has 0 aliphatic carbocycles. The molecule has 0 aliphatic heterocycles. The number of hydrogen-bond acceptors (Lipinski definition) is 3. The Labute approximate surface area is 108 Å². The van der Waals surface area contributed by atoms with Gasteiger partial charge in [0.15, 0.2) is 0 Å². The van der Waals surface area contributed by atoms with Crippen LogP contribution in [0.25, 0.3) is 0 Å². The molecule has 5 heteroatoms. The summed E-state index contributed by atoms with van der Waals surface area (Å²) in [7, 11) is 3.98. The van der Waals surface area contributed by atoms with Crippen molar-refractivity contribution in [1.29, 1.82) is 0 Å². The van der Waals surface area contributed by atoms with Crippen LogP contribution in [-0.2, 0) is 20.0 Å². The van der Waals surface area contributed by atoms with Gasteiger partial charge < -0.3 is 14.5 Å². The van der Waals surface area contributed by atoms with Crippen molar-refractivity contribution in [1.82, 2.24) is 24.4 Å². The summed E-state index contributed by atoms with van der Waals surface area (Å²) in [6, 6.07) is 0.197. The van der Waals surface area contributed by atoms with Crippen molar-refractivity contribution in [3.8, 4) is 0 Å². The summed E-state index contributed by atoms with van der Waals surface area (Å²) in [5, 5.41) is 3.32. The van der Waals surface area contributed by atoms with Crippen molar-refractivity contribution in [2.75, 3.05) is 7.05 Å². The van der Waals surface area contributed by atoms with Gasteiger partial charge in [-0.05, 0) is 13.5 Å². The zero-order valence-corrected chi connectivity index (χ0v) is 11.3. The summed E-state index contributed by atoms with van der Waals surface area (Å²) in [4.78, 5) is 8.85. The second kappa shape index (κ2) is 5.82. The van der Waals surface area contributed by atoms with Gasteiger partial charge in [-0.2, -0.15) is 0 Å². The topological polar surface area (TPSA) is 47.7 Å². The third-order valence-electron chi connectivity index (χ3n) is 3.17. The smallest absolute Gasteiger partial charge is 0.126 e. The lowest BCUT2D eigenvalue weighted by atomic mass is 10.2. The predicted molar refractivity (Wildman–Crippen MR) is 71.2 cm³/mol. The zero-order valence-electron chi connectivity index (χ0n) is 11.3. The Bertz CT molecular complexity index is 485. The lowest BCUT2D eigenvalue weighted by molar-refractivity contribution is 0.507. The molecular weight excluding hydrogens is 226 g/mol. The molecule has 0 saturated heterocycles. The van der Waals surface area contributed by atoms with E-state index < -0.39 is 0 Å². The number of rotatable bonds is 6. The van der Waals surface area contributed by atoms with Gasteiger partial charge in [0.2, 0.25) is 0 Å². The Balaban J connectivity index is 2.15. The fourth-order valence-corrected chi connectivity index (χ4v) is 2.19. The van der Waals surface area contributed by atoms with Gasteiger partial charge in [-0.1, -0.05) is 6.92 Å². The summed E-state index contributed by atoms with van der Waals surface area (Å²) < 4.78 is 4.27. The van der Waals surface area contributed by atoms with Crippen molar-refractivity contribution in [2.45, 2.75) is 32.4 Å². The van der Waals surface area contributed by atoms with Crippen LogP contribution in [-0.4, -0.2) is 26.1 Å². The molecule has 2 rings (SSSR count). The third-order valence-corrected chi connectivity index (χ3v) is 3.17. The maximum atomic E-state index is 4.45. The average molecular weight is 247 g/mol. The highest BCUT2D eigenvalue weighted by Gasteiger charge is 2.16. The lowest BCUT2D eigenvalue weighted by Crippen LogP contribution is -2.23. The van der Waals surface area contributed by atoms with Crippen LogP contribution in [0.1, 0.15) is 31.0 Å². The quantitative estimate of drug-likeness (QED) is 0.842. The van der Waals surface area contributed by atoms with Crippen molar-refractivity contribution < 1.29 is 0 Å². The van der Waals surface area contributed by atoms with Crippen LogP contribution in [0.2, 0.25) is 0 Å². The normalized spacial score (nSPS) is 12.8. The number of hydrogen-bond donors (Lipinski definition) is 1. The molecule has 98 valence electrons. The lowest BCUT2D eigenvalue weighted by Gasteiger charge is -2.16. The summed E-state index contributed by atoms with van der Waals surface area (Å²) in [6.45, 7) is 3.20. The first kappa shape index (κ1) is 12.8. The van der Waals surface area contributed by atoms with Crippen molar-refractivity contribution in [3.63, 3.8) is 0 Å². The first-order valence-electron chi connectivity index (χ1n) is 6.40. The highest BCUT2D eigenvalue weighted by molar-refractivity contribution is 5.04. The van der Waals surface area contributed by atoms with Crippen LogP contribution < -0.4 is 5.32 Å². The monoisotopic (exact) mass is 247 g/mol. The number of imidazole rings is 2. The molecule has 0 fully saturated rings. The number of likely N-dealkylation sites (N-methyl/N-ethyl adjacent to an activating group) is 1. The Morgan fingerprint density at radius 2 is 2.06 bits per heavy atom. The minimum atomic E-state index is 0.197. The van der Waals surface area contributed by atoms with Crippen LogP contribution in [0.5, 0.6) is 0 Å². The minimum absolute atomic E-state index is 0.197. The van der Waals surface area contributed by atoms with Gasteiger partial charge in [0.1, 0.15) is 11.6 Å². The van der Waals surface area contributed by atoms with Crippen LogP contribution in [0.3, 0.4) is 0 Å². The Morgan fingerprint density at radius 1 is 1.28 bits per heavy atom. The maximum absolute atomic E-state index is 4.45. The van der Waals surface area contributed by atoms with Gasteiger partial charge in [-0.3, -0.25) is 0 Å². The largest absolute Gasteiger partial charge is 0.337 e. The van der Waals surface area contributed by atoms with Gasteiger partial charge in [-0.15, -0.1) is 0 Å². The molecular formula is C13H21N5. The SMILES string of the molecule is CCCn1ccnc1CC(NC)c1nccn1C. The summed E-state index contributed by atoms with van der Waals surface area (Å²) in [6.07, 6.45) is 9.70.